The smallest absolute Gasteiger partial charge is 0.138 e. The first-order chi connectivity index (χ1) is 7.81. The number of nitrogens with two attached hydrogens (primary N) is 1. The lowest BCUT2D eigenvalue weighted by atomic mass is 10.1. The summed E-state index contributed by atoms with van der Waals surface area (Å²) in [7, 11) is 0. The molecule has 0 unspecified atom stereocenters. The molecule has 0 saturated carbocycles. The second kappa shape index (κ2) is 4.74. The zero-order valence-corrected chi connectivity index (χ0v) is 9.30. The van der Waals surface area contributed by atoms with Gasteiger partial charge in [-0.3, -0.25) is 9.67 Å². The van der Waals surface area contributed by atoms with Crippen LogP contribution >= 0.6 is 0 Å². The van der Waals surface area contributed by atoms with Crippen molar-refractivity contribution in [2.45, 2.75) is 26.3 Å². The number of hydrogen-bond acceptors (Lipinski definition) is 4. The predicted molar refractivity (Wildman–Crippen MR) is 61.8 cm³/mol. The number of aromatic nitrogens is 4. The molecule has 2 heterocycles. The fraction of sp³-hybridized carbons (Fsp3) is 0.364. The Morgan fingerprint density at radius 1 is 1.38 bits per heavy atom. The molecule has 0 aromatic carbocycles. The van der Waals surface area contributed by atoms with Crippen molar-refractivity contribution in [3.05, 3.63) is 36.2 Å². The Morgan fingerprint density at radius 3 is 3.00 bits per heavy atom. The molecule has 0 spiro atoms. The molecule has 0 atom stereocenters. The Kier molecular flexibility index (Phi) is 3.14. The summed E-state index contributed by atoms with van der Waals surface area (Å²) >= 11 is 0. The van der Waals surface area contributed by atoms with Gasteiger partial charge < -0.3 is 5.73 Å². The molecule has 84 valence electrons. The zero-order chi connectivity index (χ0) is 11.4. The van der Waals surface area contributed by atoms with E-state index in [0.29, 0.717) is 0 Å². The molecule has 2 aromatic heterocycles. The number of pyridine rings is 1. The van der Waals surface area contributed by atoms with Crippen LogP contribution in [0.4, 0.5) is 5.69 Å². The molecule has 2 rings (SSSR count). The van der Waals surface area contributed by atoms with E-state index in [9.17, 15) is 0 Å². The first-order valence-electron chi connectivity index (χ1n) is 5.36. The van der Waals surface area contributed by atoms with Crippen LogP contribution in [0.1, 0.15) is 18.3 Å². The molecule has 2 aromatic rings. The van der Waals surface area contributed by atoms with Crippen molar-refractivity contribution in [3.8, 4) is 0 Å². The molecule has 5 heteroatoms. The lowest BCUT2D eigenvalue weighted by Gasteiger charge is -2.05. The molecule has 0 aliphatic carbocycles. The maximum Gasteiger partial charge on any atom is 0.138 e. The Morgan fingerprint density at radius 2 is 2.25 bits per heavy atom. The fourth-order valence-corrected chi connectivity index (χ4v) is 1.64. The van der Waals surface area contributed by atoms with Gasteiger partial charge in [0.1, 0.15) is 12.2 Å². The van der Waals surface area contributed by atoms with Gasteiger partial charge in [-0.05, 0) is 25.0 Å². The Hall–Kier alpha value is -1.91. The summed E-state index contributed by atoms with van der Waals surface area (Å²) in [6.45, 7) is 2.90. The van der Waals surface area contributed by atoms with Crippen LogP contribution in [0.25, 0.3) is 0 Å². The van der Waals surface area contributed by atoms with Gasteiger partial charge in [0, 0.05) is 31.0 Å². The summed E-state index contributed by atoms with van der Waals surface area (Å²) < 4.78 is 1.90. The van der Waals surface area contributed by atoms with E-state index in [2.05, 4.69) is 22.0 Å². The van der Waals surface area contributed by atoms with Gasteiger partial charge in [-0.1, -0.05) is 0 Å². The highest BCUT2D eigenvalue weighted by atomic mass is 15.3. The summed E-state index contributed by atoms with van der Waals surface area (Å²) in [4.78, 5) is 8.29. The van der Waals surface area contributed by atoms with E-state index in [1.807, 2.05) is 16.9 Å². The average Bonchev–Trinajstić information content (AvgIpc) is 2.75. The SMILES string of the molecule is CCn1ncnc1CCc1cnccc1N. The minimum Gasteiger partial charge on any atom is -0.398 e. The maximum atomic E-state index is 5.85. The largest absolute Gasteiger partial charge is 0.398 e. The molecular weight excluding hydrogens is 202 g/mol. The number of rotatable bonds is 4. The van der Waals surface area contributed by atoms with Crippen molar-refractivity contribution < 1.29 is 0 Å². The van der Waals surface area contributed by atoms with Crippen LogP contribution in [0, 0.1) is 0 Å². The molecule has 0 amide bonds. The van der Waals surface area contributed by atoms with Gasteiger partial charge >= 0.3 is 0 Å². The third-order valence-electron chi connectivity index (χ3n) is 2.55. The van der Waals surface area contributed by atoms with E-state index in [4.69, 9.17) is 5.73 Å². The van der Waals surface area contributed by atoms with Crippen molar-refractivity contribution in [2.75, 3.05) is 5.73 Å². The van der Waals surface area contributed by atoms with Crippen molar-refractivity contribution in [2.24, 2.45) is 0 Å². The van der Waals surface area contributed by atoms with Crippen LogP contribution in [0.5, 0.6) is 0 Å². The molecule has 0 fully saturated rings. The molecule has 0 bridgehead atoms. The van der Waals surface area contributed by atoms with E-state index >= 15 is 0 Å². The molecule has 0 saturated heterocycles. The fourth-order valence-electron chi connectivity index (χ4n) is 1.64. The van der Waals surface area contributed by atoms with Crippen molar-refractivity contribution in [1.29, 1.82) is 0 Å². The second-order valence-electron chi connectivity index (χ2n) is 3.57. The van der Waals surface area contributed by atoms with E-state index < -0.39 is 0 Å². The highest BCUT2D eigenvalue weighted by molar-refractivity contribution is 5.44. The Labute approximate surface area is 94.3 Å². The second-order valence-corrected chi connectivity index (χ2v) is 3.57. The van der Waals surface area contributed by atoms with Gasteiger partial charge in [0.2, 0.25) is 0 Å². The third-order valence-corrected chi connectivity index (χ3v) is 2.55. The number of nitrogens with zero attached hydrogens (tertiary/aromatic N) is 4. The van der Waals surface area contributed by atoms with E-state index in [0.717, 1.165) is 36.5 Å². The summed E-state index contributed by atoms with van der Waals surface area (Å²) in [6, 6.07) is 1.82. The molecule has 0 aliphatic rings. The summed E-state index contributed by atoms with van der Waals surface area (Å²) in [6.07, 6.45) is 6.78. The van der Waals surface area contributed by atoms with Crippen LogP contribution in [0.2, 0.25) is 0 Å². The minimum absolute atomic E-state index is 0.789. The van der Waals surface area contributed by atoms with Crippen LogP contribution in [0.15, 0.2) is 24.8 Å². The molecule has 0 aliphatic heterocycles. The summed E-state index contributed by atoms with van der Waals surface area (Å²) in [5.74, 6) is 0.991. The lowest BCUT2D eigenvalue weighted by molar-refractivity contribution is 0.611. The molecule has 2 N–H and O–H groups in total. The van der Waals surface area contributed by atoms with Gasteiger partial charge in [0.15, 0.2) is 0 Å². The van der Waals surface area contributed by atoms with Gasteiger partial charge in [0.25, 0.3) is 0 Å². The minimum atomic E-state index is 0.789. The predicted octanol–water partition coefficient (Wildman–Crippen LogP) is 1.06. The van der Waals surface area contributed by atoms with Gasteiger partial charge in [-0.15, -0.1) is 0 Å². The zero-order valence-electron chi connectivity index (χ0n) is 9.30. The summed E-state index contributed by atoms with van der Waals surface area (Å²) in [5.41, 5.74) is 7.70. The normalized spacial score (nSPS) is 10.6. The first kappa shape index (κ1) is 10.6. The monoisotopic (exact) mass is 217 g/mol. The molecule has 16 heavy (non-hydrogen) atoms. The Bertz CT molecular complexity index is 463. The van der Waals surface area contributed by atoms with Gasteiger partial charge in [-0.25, -0.2) is 4.98 Å². The van der Waals surface area contributed by atoms with Crippen LogP contribution < -0.4 is 5.73 Å². The number of anilines is 1. The molecular formula is C11H15N5. The van der Waals surface area contributed by atoms with Crippen LogP contribution in [-0.4, -0.2) is 19.7 Å². The van der Waals surface area contributed by atoms with Crippen molar-refractivity contribution >= 4 is 5.69 Å². The van der Waals surface area contributed by atoms with Crippen LogP contribution in [-0.2, 0) is 19.4 Å². The van der Waals surface area contributed by atoms with E-state index in [-0.39, 0.29) is 0 Å². The topological polar surface area (TPSA) is 69.6 Å². The number of nitrogen functional groups attached to an aromatic ring is 1. The highest BCUT2D eigenvalue weighted by Crippen LogP contribution is 2.11. The average molecular weight is 217 g/mol. The highest BCUT2D eigenvalue weighted by Gasteiger charge is 2.04. The summed E-state index contributed by atoms with van der Waals surface area (Å²) in [5, 5.41) is 4.13. The Balaban J connectivity index is 2.05. The molecule has 0 radical (unpaired) electrons. The number of aryl methyl sites for hydroxylation is 3. The van der Waals surface area contributed by atoms with Crippen LogP contribution in [0.3, 0.4) is 0 Å². The van der Waals surface area contributed by atoms with Crippen molar-refractivity contribution in [1.82, 2.24) is 19.7 Å². The van der Waals surface area contributed by atoms with Crippen molar-refractivity contribution in [3.63, 3.8) is 0 Å². The number of hydrogen-bond donors (Lipinski definition) is 1. The quantitative estimate of drug-likeness (QED) is 0.831. The first-order valence-corrected chi connectivity index (χ1v) is 5.36. The standard InChI is InChI=1S/C11H15N5/c1-2-16-11(14-8-15-16)4-3-9-7-13-6-5-10(9)12/h5-8H,2-4H2,1H3,(H2,12,13). The van der Waals surface area contributed by atoms with Gasteiger partial charge in [0.05, 0.1) is 0 Å². The third kappa shape index (κ3) is 2.18. The molecule has 5 nitrogen and oxygen atoms in total. The van der Waals surface area contributed by atoms with E-state index in [1.165, 1.54) is 0 Å². The van der Waals surface area contributed by atoms with E-state index in [1.54, 1.807) is 12.5 Å². The van der Waals surface area contributed by atoms with Gasteiger partial charge in [-0.2, -0.15) is 5.10 Å². The lowest BCUT2D eigenvalue weighted by Crippen LogP contribution is -2.06. The maximum absolute atomic E-state index is 5.85.